The van der Waals surface area contributed by atoms with E-state index in [0.717, 1.165) is 5.56 Å². The first-order chi connectivity index (χ1) is 12.0. The fourth-order valence-corrected chi connectivity index (χ4v) is 3.35. The quantitative estimate of drug-likeness (QED) is 0.913. The maximum absolute atomic E-state index is 12.9. The second-order valence-corrected chi connectivity index (χ2v) is 6.41. The molecule has 0 radical (unpaired) electrons. The average molecular weight is 362 g/mol. The number of hydrogen-bond acceptors (Lipinski definition) is 3. The fraction of sp³-hybridized carbons (Fsp3) is 0.333. The number of aryl methyl sites for hydroxylation is 1. The summed E-state index contributed by atoms with van der Waals surface area (Å²) < 4.78 is 5.38. The highest BCUT2D eigenvalue weighted by Crippen LogP contribution is 2.29. The first kappa shape index (κ1) is 17.4. The van der Waals surface area contributed by atoms with Crippen LogP contribution < -0.4 is 4.74 Å². The Kier molecular flexibility index (Phi) is 4.99. The van der Waals surface area contributed by atoms with Crippen LogP contribution in [0.1, 0.15) is 26.4 Å². The van der Waals surface area contributed by atoms with Crippen molar-refractivity contribution in [3.63, 3.8) is 0 Å². The molecule has 1 N–H and O–H groups in total. The van der Waals surface area contributed by atoms with E-state index >= 15 is 0 Å². The van der Waals surface area contributed by atoms with Gasteiger partial charge in [0.25, 0.3) is 11.8 Å². The molecule has 1 aromatic carbocycles. The van der Waals surface area contributed by atoms with Crippen molar-refractivity contribution in [2.24, 2.45) is 0 Å². The van der Waals surface area contributed by atoms with Crippen LogP contribution >= 0.6 is 11.6 Å². The first-order valence-corrected chi connectivity index (χ1v) is 8.45. The van der Waals surface area contributed by atoms with Gasteiger partial charge in [-0.25, -0.2) is 0 Å². The Labute approximate surface area is 151 Å². The van der Waals surface area contributed by atoms with E-state index < -0.39 is 0 Å². The molecule has 2 aromatic rings. The zero-order valence-corrected chi connectivity index (χ0v) is 15.0. The third-order valence-electron chi connectivity index (χ3n) is 4.36. The largest absolute Gasteiger partial charge is 0.496 e. The van der Waals surface area contributed by atoms with Gasteiger partial charge in [0.15, 0.2) is 0 Å². The fourth-order valence-electron chi connectivity index (χ4n) is 3.08. The van der Waals surface area contributed by atoms with Gasteiger partial charge < -0.3 is 19.5 Å². The summed E-state index contributed by atoms with van der Waals surface area (Å²) >= 11 is 6.10. The van der Waals surface area contributed by atoms with Gasteiger partial charge in [0.2, 0.25) is 0 Å². The highest BCUT2D eigenvalue weighted by Gasteiger charge is 2.27. The molecule has 0 spiro atoms. The van der Waals surface area contributed by atoms with Crippen LogP contribution in [0.3, 0.4) is 0 Å². The normalized spacial score (nSPS) is 14.5. The van der Waals surface area contributed by atoms with Crippen LogP contribution in [-0.4, -0.2) is 59.9 Å². The number of nitrogens with one attached hydrogen (secondary N) is 1. The zero-order valence-electron chi connectivity index (χ0n) is 14.2. The lowest BCUT2D eigenvalue weighted by Crippen LogP contribution is -2.50. The number of carbonyl (C=O) groups excluding carboxylic acids is 2. The number of hydrogen-bond donors (Lipinski definition) is 1. The molecule has 1 aliphatic heterocycles. The summed E-state index contributed by atoms with van der Waals surface area (Å²) in [5, 5.41) is 0.502. The van der Waals surface area contributed by atoms with Crippen molar-refractivity contribution in [2.75, 3.05) is 33.3 Å². The van der Waals surface area contributed by atoms with Gasteiger partial charge in [0.1, 0.15) is 11.4 Å². The van der Waals surface area contributed by atoms with Crippen LogP contribution in [0.2, 0.25) is 5.02 Å². The number of amides is 2. The third kappa shape index (κ3) is 3.49. The van der Waals surface area contributed by atoms with Gasteiger partial charge >= 0.3 is 0 Å². The summed E-state index contributed by atoms with van der Waals surface area (Å²) in [6.45, 7) is 3.78. The van der Waals surface area contributed by atoms with E-state index in [4.69, 9.17) is 16.3 Å². The molecule has 2 heterocycles. The van der Waals surface area contributed by atoms with E-state index in [-0.39, 0.29) is 11.8 Å². The minimum absolute atomic E-state index is 0.0479. The molecular formula is C18H20ClN3O3. The van der Waals surface area contributed by atoms with Crippen molar-refractivity contribution in [3.05, 3.63) is 52.3 Å². The minimum atomic E-state index is -0.130. The number of aromatic amines is 1. The molecule has 0 bridgehead atoms. The van der Waals surface area contributed by atoms with E-state index in [2.05, 4.69) is 4.98 Å². The Hall–Kier alpha value is -2.47. The van der Waals surface area contributed by atoms with Crippen LogP contribution in [0.5, 0.6) is 5.75 Å². The molecule has 1 fully saturated rings. The highest BCUT2D eigenvalue weighted by molar-refractivity contribution is 6.31. The van der Waals surface area contributed by atoms with Crippen LogP contribution in [0.25, 0.3) is 0 Å². The van der Waals surface area contributed by atoms with Crippen molar-refractivity contribution < 1.29 is 14.3 Å². The Morgan fingerprint density at radius 3 is 2.32 bits per heavy atom. The second-order valence-electron chi connectivity index (χ2n) is 5.97. The van der Waals surface area contributed by atoms with Crippen molar-refractivity contribution in [2.45, 2.75) is 6.92 Å². The molecule has 3 rings (SSSR count). The van der Waals surface area contributed by atoms with Gasteiger partial charge in [-0.05, 0) is 36.8 Å². The molecule has 1 saturated heterocycles. The third-order valence-corrected chi connectivity index (χ3v) is 4.57. The average Bonchev–Trinajstić information content (AvgIpc) is 3.14. The number of H-pyrrole nitrogens is 1. The number of carbonyl (C=O) groups is 2. The van der Waals surface area contributed by atoms with Gasteiger partial charge in [0.05, 0.1) is 12.7 Å². The molecular weight excluding hydrogens is 342 g/mol. The number of nitrogens with zero attached hydrogens (tertiary/aromatic N) is 2. The van der Waals surface area contributed by atoms with E-state index in [9.17, 15) is 9.59 Å². The lowest BCUT2D eigenvalue weighted by atomic mass is 10.1. The zero-order chi connectivity index (χ0) is 18.0. The summed E-state index contributed by atoms with van der Waals surface area (Å²) in [6.07, 6.45) is 1.72. The summed E-state index contributed by atoms with van der Waals surface area (Å²) in [7, 11) is 1.54. The number of methoxy groups -OCH3 is 1. The van der Waals surface area contributed by atoms with Gasteiger partial charge in [-0.3, -0.25) is 9.59 Å². The lowest BCUT2D eigenvalue weighted by Gasteiger charge is -2.35. The smallest absolute Gasteiger partial charge is 0.270 e. The molecule has 2 amide bonds. The van der Waals surface area contributed by atoms with Crippen molar-refractivity contribution >= 4 is 23.4 Å². The summed E-state index contributed by atoms with van der Waals surface area (Å²) in [6, 6.07) is 6.94. The van der Waals surface area contributed by atoms with E-state index in [1.165, 1.54) is 0 Å². The molecule has 7 heteroatoms. The number of benzene rings is 1. The van der Waals surface area contributed by atoms with Crippen molar-refractivity contribution in [1.29, 1.82) is 0 Å². The molecule has 1 aromatic heterocycles. The number of halogens is 1. The Balaban J connectivity index is 1.71. The molecule has 1 aliphatic rings. The standard InChI is InChI=1S/C18H20ClN3O3/c1-12-10-13(19)11-14(16(12)25-2)17(23)21-6-8-22(9-7-21)18(24)15-4-3-5-20-15/h3-5,10-11,20H,6-9H2,1-2H3. The molecule has 0 saturated carbocycles. The van der Waals surface area contributed by atoms with Crippen LogP contribution in [0.15, 0.2) is 30.5 Å². The summed E-state index contributed by atoms with van der Waals surface area (Å²) in [4.78, 5) is 31.6. The predicted octanol–water partition coefficient (Wildman–Crippen LogP) is 2.58. The van der Waals surface area contributed by atoms with E-state index in [1.54, 1.807) is 47.4 Å². The van der Waals surface area contributed by atoms with E-state index in [1.807, 2.05) is 6.92 Å². The number of rotatable bonds is 3. The summed E-state index contributed by atoms with van der Waals surface area (Å²) in [5.74, 6) is 0.363. The Bertz CT molecular complexity index is 781. The molecule has 0 unspecified atom stereocenters. The Morgan fingerprint density at radius 1 is 1.12 bits per heavy atom. The monoisotopic (exact) mass is 361 g/mol. The molecule has 0 aliphatic carbocycles. The molecule has 6 nitrogen and oxygen atoms in total. The maximum Gasteiger partial charge on any atom is 0.270 e. The molecule has 0 atom stereocenters. The number of piperazine rings is 1. The van der Waals surface area contributed by atoms with Gasteiger partial charge in [-0.15, -0.1) is 0 Å². The first-order valence-electron chi connectivity index (χ1n) is 8.07. The maximum atomic E-state index is 12.9. The number of ether oxygens (including phenoxy) is 1. The minimum Gasteiger partial charge on any atom is -0.496 e. The number of aromatic nitrogens is 1. The Morgan fingerprint density at radius 2 is 1.76 bits per heavy atom. The lowest BCUT2D eigenvalue weighted by molar-refractivity contribution is 0.0531. The van der Waals surface area contributed by atoms with E-state index in [0.29, 0.717) is 48.2 Å². The molecule has 25 heavy (non-hydrogen) atoms. The van der Waals surface area contributed by atoms with Crippen molar-refractivity contribution in [3.8, 4) is 5.75 Å². The van der Waals surface area contributed by atoms with Crippen LogP contribution in [0, 0.1) is 6.92 Å². The van der Waals surface area contributed by atoms with Gasteiger partial charge in [0, 0.05) is 37.4 Å². The predicted molar refractivity (Wildman–Crippen MR) is 95.3 cm³/mol. The molecule has 132 valence electrons. The highest BCUT2D eigenvalue weighted by atomic mass is 35.5. The second kappa shape index (κ2) is 7.19. The summed E-state index contributed by atoms with van der Waals surface area (Å²) in [5.41, 5.74) is 1.84. The van der Waals surface area contributed by atoms with Crippen LogP contribution in [-0.2, 0) is 0 Å². The van der Waals surface area contributed by atoms with Gasteiger partial charge in [-0.1, -0.05) is 11.6 Å². The topological polar surface area (TPSA) is 65.6 Å². The van der Waals surface area contributed by atoms with Crippen LogP contribution in [0.4, 0.5) is 0 Å². The SMILES string of the molecule is COc1c(C)cc(Cl)cc1C(=O)N1CCN(C(=O)c2ccc[nH]2)CC1. The van der Waals surface area contributed by atoms with Gasteiger partial charge in [-0.2, -0.15) is 0 Å². The van der Waals surface area contributed by atoms with Crippen molar-refractivity contribution in [1.82, 2.24) is 14.8 Å².